The van der Waals surface area contributed by atoms with Gasteiger partial charge in [0.05, 0.1) is 0 Å². The van der Waals surface area contributed by atoms with E-state index in [-0.39, 0.29) is 17.3 Å². The molecule has 1 aliphatic carbocycles. The molecule has 0 bridgehead atoms. The Morgan fingerprint density at radius 1 is 1.61 bits per heavy atom. The highest BCUT2D eigenvalue weighted by atomic mass is 16.2. The molecule has 1 fully saturated rings. The molecule has 1 amide bonds. The maximum atomic E-state index is 11.9. The predicted octanol–water partition coefficient (Wildman–Crippen LogP) is 0.342. The molecule has 1 aromatic heterocycles. The lowest BCUT2D eigenvalue weighted by molar-refractivity contribution is -0.121. The van der Waals surface area contributed by atoms with Crippen molar-refractivity contribution in [2.24, 2.45) is 0 Å². The van der Waals surface area contributed by atoms with Gasteiger partial charge in [0.2, 0.25) is 5.91 Å². The monoisotopic (exact) mass is 250 g/mol. The largest absolute Gasteiger partial charge is 0.354 e. The summed E-state index contributed by atoms with van der Waals surface area (Å²) in [7, 11) is 0. The van der Waals surface area contributed by atoms with Crippen LogP contribution in [0.25, 0.3) is 0 Å². The van der Waals surface area contributed by atoms with E-state index in [0.29, 0.717) is 12.6 Å². The van der Waals surface area contributed by atoms with Gasteiger partial charge >= 0.3 is 0 Å². The molecule has 2 N–H and O–H groups in total. The summed E-state index contributed by atoms with van der Waals surface area (Å²) in [5.41, 5.74) is -0.203. The second-order valence-electron chi connectivity index (χ2n) is 4.52. The van der Waals surface area contributed by atoms with Crippen molar-refractivity contribution in [2.45, 2.75) is 45.3 Å². The smallest absolute Gasteiger partial charge is 0.293 e. The third kappa shape index (κ3) is 2.88. The van der Waals surface area contributed by atoms with Gasteiger partial charge in [0, 0.05) is 25.0 Å². The Hall–Kier alpha value is -1.85. The fraction of sp³-hybridized carbons (Fsp3) is 0.583. The van der Waals surface area contributed by atoms with E-state index < -0.39 is 6.04 Å². The molecule has 18 heavy (non-hydrogen) atoms. The van der Waals surface area contributed by atoms with E-state index in [0.717, 1.165) is 12.8 Å². The predicted molar refractivity (Wildman–Crippen MR) is 68.4 cm³/mol. The molecule has 0 radical (unpaired) electrons. The average molecular weight is 250 g/mol. The molecular weight excluding hydrogens is 232 g/mol. The molecule has 6 heteroatoms. The van der Waals surface area contributed by atoms with Crippen LogP contribution in [-0.4, -0.2) is 27.5 Å². The summed E-state index contributed by atoms with van der Waals surface area (Å²) in [5.74, 6) is 0.128. The van der Waals surface area contributed by atoms with Crippen LogP contribution in [-0.2, 0) is 11.3 Å². The lowest BCUT2D eigenvalue weighted by atomic mass is 10.3. The van der Waals surface area contributed by atoms with Crippen LogP contribution >= 0.6 is 0 Å². The molecule has 98 valence electrons. The highest BCUT2D eigenvalue weighted by molar-refractivity contribution is 5.84. The van der Waals surface area contributed by atoms with Crippen molar-refractivity contribution in [3.8, 4) is 0 Å². The zero-order valence-electron chi connectivity index (χ0n) is 10.6. The Balaban J connectivity index is 2.03. The number of nitrogens with one attached hydrogen (secondary N) is 2. The number of rotatable bonds is 5. The van der Waals surface area contributed by atoms with Crippen LogP contribution in [0.4, 0.5) is 5.82 Å². The van der Waals surface area contributed by atoms with E-state index in [9.17, 15) is 9.59 Å². The van der Waals surface area contributed by atoms with Crippen molar-refractivity contribution in [3.05, 3.63) is 22.7 Å². The van der Waals surface area contributed by atoms with E-state index in [1.54, 1.807) is 23.9 Å². The summed E-state index contributed by atoms with van der Waals surface area (Å²) in [5, 5.41) is 5.75. The van der Waals surface area contributed by atoms with Crippen LogP contribution in [0.5, 0.6) is 0 Å². The van der Waals surface area contributed by atoms with Crippen LogP contribution < -0.4 is 16.2 Å². The Kier molecular flexibility index (Phi) is 3.64. The second kappa shape index (κ2) is 5.20. The highest BCUT2D eigenvalue weighted by Crippen LogP contribution is 2.18. The Morgan fingerprint density at radius 2 is 2.33 bits per heavy atom. The molecule has 1 saturated carbocycles. The van der Waals surface area contributed by atoms with Gasteiger partial charge in [-0.1, -0.05) is 0 Å². The molecule has 1 atom stereocenters. The molecule has 1 unspecified atom stereocenters. The molecule has 1 aliphatic rings. The molecule has 1 heterocycles. The molecule has 1 aromatic rings. The minimum Gasteiger partial charge on any atom is -0.354 e. The summed E-state index contributed by atoms with van der Waals surface area (Å²) >= 11 is 0. The van der Waals surface area contributed by atoms with Gasteiger partial charge in [0.25, 0.3) is 5.56 Å². The number of amides is 1. The van der Waals surface area contributed by atoms with Gasteiger partial charge in [-0.15, -0.1) is 0 Å². The van der Waals surface area contributed by atoms with E-state index >= 15 is 0 Å². The van der Waals surface area contributed by atoms with Crippen molar-refractivity contribution in [3.63, 3.8) is 0 Å². The van der Waals surface area contributed by atoms with E-state index in [4.69, 9.17) is 0 Å². The fourth-order valence-electron chi connectivity index (χ4n) is 1.62. The average Bonchev–Trinajstić information content (AvgIpc) is 3.15. The number of carbonyl (C=O) groups excluding carboxylic acids is 1. The zero-order chi connectivity index (χ0) is 13.1. The Bertz CT molecular complexity index is 493. The van der Waals surface area contributed by atoms with E-state index in [2.05, 4.69) is 15.6 Å². The summed E-state index contributed by atoms with van der Waals surface area (Å²) < 4.78 is 1.54. The van der Waals surface area contributed by atoms with Gasteiger partial charge in [-0.3, -0.25) is 9.59 Å². The first-order chi connectivity index (χ1) is 8.61. The van der Waals surface area contributed by atoms with Crippen LogP contribution in [0.1, 0.15) is 26.7 Å². The van der Waals surface area contributed by atoms with Crippen molar-refractivity contribution in [1.29, 1.82) is 0 Å². The number of hydrogen-bond acceptors (Lipinski definition) is 4. The topological polar surface area (TPSA) is 76.0 Å². The zero-order valence-corrected chi connectivity index (χ0v) is 10.6. The number of aryl methyl sites for hydroxylation is 1. The molecule has 2 rings (SSSR count). The first kappa shape index (κ1) is 12.6. The Labute approximate surface area is 105 Å². The van der Waals surface area contributed by atoms with Crippen molar-refractivity contribution in [1.82, 2.24) is 14.9 Å². The maximum absolute atomic E-state index is 11.9. The maximum Gasteiger partial charge on any atom is 0.293 e. The summed E-state index contributed by atoms with van der Waals surface area (Å²) in [4.78, 5) is 27.6. The van der Waals surface area contributed by atoms with Gasteiger partial charge in [-0.25, -0.2) is 4.98 Å². The van der Waals surface area contributed by atoms with Crippen LogP contribution in [0.2, 0.25) is 0 Å². The first-order valence-electron chi connectivity index (χ1n) is 6.24. The highest BCUT2D eigenvalue weighted by Gasteiger charge is 2.25. The lowest BCUT2D eigenvalue weighted by Gasteiger charge is -2.14. The minimum atomic E-state index is -0.460. The number of anilines is 1. The van der Waals surface area contributed by atoms with Crippen molar-refractivity contribution < 1.29 is 4.79 Å². The first-order valence-corrected chi connectivity index (χ1v) is 6.24. The number of hydrogen-bond donors (Lipinski definition) is 2. The molecular formula is C12H18N4O2. The van der Waals surface area contributed by atoms with Gasteiger partial charge in [-0.05, 0) is 26.7 Å². The van der Waals surface area contributed by atoms with Gasteiger partial charge in [0.1, 0.15) is 6.04 Å². The molecule has 0 spiro atoms. The van der Waals surface area contributed by atoms with E-state index in [1.807, 2.05) is 6.92 Å². The van der Waals surface area contributed by atoms with Gasteiger partial charge in [-0.2, -0.15) is 0 Å². The van der Waals surface area contributed by atoms with Crippen molar-refractivity contribution in [2.75, 3.05) is 5.32 Å². The van der Waals surface area contributed by atoms with Gasteiger partial charge in [0.15, 0.2) is 5.82 Å². The second-order valence-corrected chi connectivity index (χ2v) is 4.52. The van der Waals surface area contributed by atoms with Crippen LogP contribution in [0.15, 0.2) is 17.2 Å². The van der Waals surface area contributed by atoms with Crippen LogP contribution in [0.3, 0.4) is 0 Å². The Morgan fingerprint density at radius 3 is 2.94 bits per heavy atom. The van der Waals surface area contributed by atoms with Gasteiger partial charge < -0.3 is 15.2 Å². The number of nitrogens with zero attached hydrogens (tertiary/aromatic N) is 2. The standard InChI is InChI=1S/C12H18N4O2/c1-3-16-7-6-13-10(12(16)18)14-8(2)11(17)15-9-4-5-9/h6-9H,3-5H2,1-2H3,(H,13,14)(H,15,17). The van der Waals surface area contributed by atoms with Crippen LogP contribution in [0, 0.1) is 0 Å². The summed E-state index contributed by atoms with van der Waals surface area (Å²) in [6.07, 6.45) is 5.27. The number of aromatic nitrogens is 2. The molecule has 0 aromatic carbocycles. The summed E-state index contributed by atoms with van der Waals surface area (Å²) in [6, 6.07) is -0.142. The summed E-state index contributed by atoms with van der Waals surface area (Å²) in [6.45, 7) is 4.19. The minimum absolute atomic E-state index is 0.0920. The quantitative estimate of drug-likeness (QED) is 0.790. The molecule has 6 nitrogen and oxygen atoms in total. The van der Waals surface area contributed by atoms with Crippen molar-refractivity contribution >= 4 is 11.7 Å². The molecule has 0 aliphatic heterocycles. The molecule has 0 saturated heterocycles. The third-order valence-electron chi connectivity index (χ3n) is 2.92. The number of carbonyl (C=O) groups is 1. The fourth-order valence-corrected chi connectivity index (χ4v) is 1.62. The lowest BCUT2D eigenvalue weighted by Crippen LogP contribution is -2.40. The SMILES string of the molecule is CCn1ccnc(NC(C)C(=O)NC2CC2)c1=O. The van der Waals surface area contributed by atoms with E-state index in [1.165, 1.54) is 0 Å². The normalized spacial score (nSPS) is 16.1. The third-order valence-corrected chi connectivity index (χ3v) is 2.92.